The van der Waals surface area contributed by atoms with Gasteiger partial charge in [0.15, 0.2) is 0 Å². The largest absolute Gasteiger partial charge is 0.478 e. The molecule has 0 saturated heterocycles. The SMILES string of the molecule is CCC(NC(=O)Nc1cncc(C(=O)O)c1)c1nccs1. The minimum atomic E-state index is -1.10. The van der Waals surface area contributed by atoms with Gasteiger partial charge in [-0.15, -0.1) is 11.3 Å². The molecule has 0 spiro atoms. The van der Waals surface area contributed by atoms with E-state index in [1.165, 1.54) is 29.8 Å². The quantitative estimate of drug-likeness (QED) is 0.787. The number of urea groups is 1. The van der Waals surface area contributed by atoms with Gasteiger partial charge in [0.2, 0.25) is 0 Å². The van der Waals surface area contributed by atoms with E-state index in [1.54, 1.807) is 6.20 Å². The molecule has 2 rings (SSSR count). The number of nitrogens with one attached hydrogen (secondary N) is 2. The lowest BCUT2D eigenvalue weighted by molar-refractivity contribution is 0.0696. The van der Waals surface area contributed by atoms with Crippen molar-refractivity contribution in [2.75, 3.05) is 5.32 Å². The summed E-state index contributed by atoms with van der Waals surface area (Å²) in [5, 5.41) is 16.9. The molecule has 2 heterocycles. The summed E-state index contributed by atoms with van der Waals surface area (Å²) < 4.78 is 0. The number of pyridine rings is 1. The predicted octanol–water partition coefficient (Wildman–Crippen LogP) is 2.51. The number of thiazole rings is 1. The molecule has 0 aromatic carbocycles. The molecule has 2 aromatic heterocycles. The molecule has 0 saturated carbocycles. The van der Waals surface area contributed by atoms with Gasteiger partial charge in [-0.3, -0.25) is 4.98 Å². The van der Waals surface area contributed by atoms with Gasteiger partial charge in [0.1, 0.15) is 5.01 Å². The lowest BCUT2D eigenvalue weighted by atomic mass is 10.2. The summed E-state index contributed by atoms with van der Waals surface area (Å²) in [5.74, 6) is -1.10. The molecule has 0 fully saturated rings. The average Bonchev–Trinajstić information content (AvgIpc) is 2.99. The number of aromatic nitrogens is 2. The van der Waals surface area contributed by atoms with Gasteiger partial charge in [0.05, 0.1) is 23.5 Å². The van der Waals surface area contributed by atoms with Crippen LogP contribution in [0, 0.1) is 0 Å². The van der Waals surface area contributed by atoms with Crippen LogP contribution in [0.3, 0.4) is 0 Å². The van der Waals surface area contributed by atoms with Crippen molar-refractivity contribution in [3.63, 3.8) is 0 Å². The molecular formula is C13H14N4O3S. The fraction of sp³-hybridized carbons (Fsp3) is 0.231. The number of rotatable bonds is 5. The van der Waals surface area contributed by atoms with Crippen molar-refractivity contribution in [3.8, 4) is 0 Å². The van der Waals surface area contributed by atoms with E-state index >= 15 is 0 Å². The molecule has 1 atom stereocenters. The third-order valence-corrected chi connectivity index (χ3v) is 3.60. The third kappa shape index (κ3) is 3.99. The fourth-order valence-electron chi connectivity index (χ4n) is 1.70. The Labute approximate surface area is 125 Å². The lowest BCUT2D eigenvalue weighted by Crippen LogP contribution is -2.32. The van der Waals surface area contributed by atoms with E-state index in [2.05, 4.69) is 20.6 Å². The third-order valence-electron chi connectivity index (χ3n) is 2.71. The Morgan fingerprint density at radius 1 is 1.43 bits per heavy atom. The highest BCUT2D eigenvalue weighted by Gasteiger charge is 2.15. The van der Waals surface area contributed by atoms with Gasteiger partial charge in [-0.05, 0) is 12.5 Å². The summed E-state index contributed by atoms with van der Waals surface area (Å²) in [4.78, 5) is 30.7. The molecule has 1 unspecified atom stereocenters. The number of carbonyl (C=O) groups is 2. The molecule has 0 aliphatic rings. The molecule has 8 heteroatoms. The Morgan fingerprint density at radius 3 is 2.86 bits per heavy atom. The van der Waals surface area contributed by atoms with E-state index in [4.69, 9.17) is 5.11 Å². The van der Waals surface area contributed by atoms with Gasteiger partial charge in [-0.25, -0.2) is 14.6 Å². The maximum Gasteiger partial charge on any atom is 0.337 e. The molecule has 7 nitrogen and oxygen atoms in total. The number of anilines is 1. The Kier molecular flexibility index (Phi) is 4.83. The summed E-state index contributed by atoms with van der Waals surface area (Å²) in [6.45, 7) is 1.94. The molecule has 3 N–H and O–H groups in total. The van der Waals surface area contributed by atoms with Crippen LogP contribution in [0.1, 0.15) is 34.8 Å². The number of carboxylic acids is 1. The molecule has 21 heavy (non-hydrogen) atoms. The van der Waals surface area contributed by atoms with Crippen molar-refractivity contribution in [1.82, 2.24) is 15.3 Å². The molecule has 2 amide bonds. The van der Waals surface area contributed by atoms with E-state index in [0.29, 0.717) is 12.1 Å². The Balaban J connectivity index is 2.01. The van der Waals surface area contributed by atoms with E-state index in [0.717, 1.165) is 5.01 Å². The number of hydrogen-bond donors (Lipinski definition) is 3. The zero-order valence-electron chi connectivity index (χ0n) is 11.2. The summed E-state index contributed by atoms with van der Waals surface area (Å²) >= 11 is 1.47. The van der Waals surface area contributed by atoms with Crippen molar-refractivity contribution in [2.45, 2.75) is 19.4 Å². The standard InChI is InChI=1S/C13H14N4O3S/c1-2-10(11-15-3-4-21-11)17-13(20)16-9-5-8(12(18)19)6-14-7-9/h3-7,10H,2H2,1H3,(H,18,19)(H2,16,17,20). The van der Waals surface area contributed by atoms with E-state index < -0.39 is 12.0 Å². The minimum Gasteiger partial charge on any atom is -0.478 e. The summed E-state index contributed by atoms with van der Waals surface area (Å²) in [6.07, 6.45) is 4.99. The van der Waals surface area contributed by atoms with Gasteiger partial charge < -0.3 is 15.7 Å². The van der Waals surface area contributed by atoms with Crippen molar-refractivity contribution in [1.29, 1.82) is 0 Å². The maximum absolute atomic E-state index is 11.9. The maximum atomic E-state index is 11.9. The molecular weight excluding hydrogens is 292 g/mol. The van der Waals surface area contributed by atoms with Crippen LogP contribution in [0.25, 0.3) is 0 Å². The first-order valence-electron chi connectivity index (χ1n) is 6.25. The first-order valence-corrected chi connectivity index (χ1v) is 7.13. The smallest absolute Gasteiger partial charge is 0.337 e. The van der Waals surface area contributed by atoms with Crippen molar-refractivity contribution in [3.05, 3.63) is 40.6 Å². The second kappa shape index (κ2) is 6.80. The van der Waals surface area contributed by atoms with E-state index in [9.17, 15) is 9.59 Å². The number of hydrogen-bond acceptors (Lipinski definition) is 5. The molecule has 2 aromatic rings. The minimum absolute atomic E-state index is 0.0137. The average molecular weight is 306 g/mol. The first kappa shape index (κ1) is 14.9. The monoisotopic (exact) mass is 306 g/mol. The van der Waals surface area contributed by atoms with Gasteiger partial charge in [0, 0.05) is 17.8 Å². The zero-order chi connectivity index (χ0) is 15.2. The van der Waals surface area contributed by atoms with Gasteiger partial charge in [-0.2, -0.15) is 0 Å². The fourth-order valence-corrected chi connectivity index (χ4v) is 2.47. The van der Waals surface area contributed by atoms with Crippen LogP contribution < -0.4 is 10.6 Å². The second-order valence-corrected chi connectivity index (χ2v) is 5.12. The summed E-state index contributed by atoms with van der Waals surface area (Å²) in [5.41, 5.74) is 0.334. The summed E-state index contributed by atoms with van der Waals surface area (Å²) in [6, 6.07) is 0.737. The van der Waals surface area contributed by atoms with E-state index in [1.807, 2.05) is 12.3 Å². The highest BCUT2D eigenvalue weighted by molar-refractivity contribution is 7.09. The zero-order valence-corrected chi connectivity index (χ0v) is 12.1. The highest BCUT2D eigenvalue weighted by atomic mass is 32.1. The summed E-state index contributed by atoms with van der Waals surface area (Å²) in [7, 11) is 0. The Bertz CT molecular complexity index is 630. The number of carbonyl (C=O) groups excluding carboxylic acids is 1. The van der Waals surface area contributed by atoms with Crippen molar-refractivity contribution >= 4 is 29.0 Å². The highest BCUT2D eigenvalue weighted by Crippen LogP contribution is 2.19. The molecule has 0 aliphatic carbocycles. The van der Waals surface area contributed by atoms with Crippen molar-refractivity contribution < 1.29 is 14.7 Å². The first-order chi connectivity index (χ1) is 10.1. The van der Waals surface area contributed by atoms with Crippen LogP contribution in [0.15, 0.2) is 30.0 Å². The van der Waals surface area contributed by atoms with E-state index in [-0.39, 0.29) is 11.6 Å². The van der Waals surface area contributed by atoms with Crippen molar-refractivity contribution in [2.24, 2.45) is 0 Å². The number of carboxylic acid groups (broad SMARTS) is 1. The molecule has 0 aliphatic heterocycles. The number of nitrogens with zero attached hydrogens (tertiary/aromatic N) is 2. The van der Waals surface area contributed by atoms with Crippen LogP contribution in [0.2, 0.25) is 0 Å². The van der Waals surface area contributed by atoms with Crippen LogP contribution >= 0.6 is 11.3 Å². The normalized spacial score (nSPS) is 11.7. The molecule has 0 radical (unpaired) electrons. The van der Waals surface area contributed by atoms with Crippen LogP contribution in [0.5, 0.6) is 0 Å². The number of amides is 2. The number of aromatic carboxylic acids is 1. The van der Waals surface area contributed by atoms with Gasteiger partial charge in [0.25, 0.3) is 0 Å². The van der Waals surface area contributed by atoms with Crippen LogP contribution in [0.4, 0.5) is 10.5 Å². The molecule has 0 bridgehead atoms. The Morgan fingerprint density at radius 2 is 2.24 bits per heavy atom. The molecule has 110 valence electrons. The van der Waals surface area contributed by atoms with Gasteiger partial charge in [-0.1, -0.05) is 6.92 Å². The van der Waals surface area contributed by atoms with Crippen LogP contribution in [-0.2, 0) is 0 Å². The van der Waals surface area contributed by atoms with Crippen LogP contribution in [-0.4, -0.2) is 27.1 Å². The second-order valence-electron chi connectivity index (χ2n) is 4.20. The topological polar surface area (TPSA) is 104 Å². The van der Waals surface area contributed by atoms with Gasteiger partial charge >= 0.3 is 12.0 Å². The lowest BCUT2D eigenvalue weighted by Gasteiger charge is -2.15. The Hall–Kier alpha value is -2.48. The predicted molar refractivity (Wildman–Crippen MR) is 78.5 cm³/mol.